The van der Waals surface area contributed by atoms with E-state index in [4.69, 9.17) is 4.42 Å². The molecule has 1 fully saturated rings. The normalized spacial score (nSPS) is 15.5. The van der Waals surface area contributed by atoms with Crippen molar-refractivity contribution in [3.05, 3.63) is 66.4 Å². The Bertz CT molecular complexity index is 841. The Hall–Kier alpha value is -2.75. The van der Waals surface area contributed by atoms with Crippen LogP contribution in [0.1, 0.15) is 16.8 Å². The summed E-state index contributed by atoms with van der Waals surface area (Å²) in [5, 5.41) is 0.974. The van der Waals surface area contributed by atoms with Crippen LogP contribution in [0.4, 0.5) is 5.69 Å². The Labute approximate surface area is 141 Å². The number of rotatable bonds is 2. The van der Waals surface area contributed by atoms with Crippen molar-refractivity contribution in [1.82, 2.24) is 4.90 Å². The molecule has 2 aromatic carbocycles. The van der Waals surface area contributed by atoms with Gasteiger partial charge in [0.15, 0.2) is 0 Å². The number of fused-ring (bicyclic) bond motifs is 1. The first-order valence-corrected chi connectivity index (χ1v) is 8.38. The Balaban J connectivity index is 1.49. The lowest BCUT2D eigenvalue weighted by atomic mass is 10.1. The van der Waals surface area contributed by atoms with E-state index in [0.717, 1.165) is 49.1 Å². The molecule has 0 atom stereocenters. The molecule has 0 N–H and O–H groups in total. The molecule has 1 amide bonds. The first kappa shape index (κ1) is 14.8. The van der Waals surface area contributed by atoms with Gasteiger partial charge in [-0.15, -0.1) is 0 Å². The lowest BCUT2D eigenvalue weighted by molar-refractivity contribution is 0.0767. The van der Waals surface area contributed by atoms with Gasteiger partial charge in [-0.1, -0.05) is 18.2 Å². The van der Waals surface area contributed by atoms with Crippen molar-refractivity contribution in [2.24, 2.45) is 0 Å². The van der Waals surface area contributed by atoms with Crippen molar-refractivity contribution < 1.29 is 9.21 Å². The van der Waals surface area contributed by atoms with Gasteiger partial charge in [-0.2, -0.15) is 0 Å². The van der Waals surface area contributed by atoms with Gasteiger partial charge in [-0.3, -0.25) is 4.79 Å². The maximum atomic E-state index is 12.8. The second kappa shape index (κ2) is 6.40. The second-order valence-corrected chi connectivity index (χ2v) is 6.14. The highest BCUT2D eigenvalue weighted by molar-refractivity contribution is 5.97. The maximum Gasteiger partial charge on any atom is 0.253 e. The van der Waals surface area contributed by atoms with Gasteiger partial charge in [-0.25, -0.2) is 0 Å². The summed E-state index contributed by atoms with van der Waals surface area (Å²) >= 11 is 0. The molecule has 1 aliphatic heterocycles. The average molecular weight is 320 g/mol. The minimum Gasteiger partial charge on any atom is -0.464 e. The number of carbonyl (C=O) groups excluding carboxylic acids is 1. The van der Waals surface area contributed by atoms with Crippen molar-refractivity contribution in [3.8, 4) is 0 Å². The van der Waals surface area contributed by atoms with Gasteiger partial charge in [0.25, 0.3) is 5.91 Å². The van der Waals surface area contributed by atoms with Gasteiger partial charge < -0.3 is 14.2 Å². The third-order valence-corrected chi connectivity index (χ3v) is 4.60. The van der Waals surface area contributed by atoms with Gasteiger partial charge in [0.05, 0.1) is 6.26 Å². The molecule has 0 spiro atoms. The first-order valence-electron chi connectivity index (χ1n) is 8.38. The van der Waals surface area contributed by atoms with Crippen molar-refractivity contribution >= 4 is 22.6 Å². The second-order valence-electron chi connectivity index (χ2n) is 6.14. The molecule has 0 radical (unpaired) electrons. The molecule has 0 bridgehead atoms. The SMILES string of the molecule is O=C(c1ccc2occc2c1)N1CCCN(c2ccccc2)CC1. The van der Waals surface area contributed by atoms with Crippen molar-refractivity contribution in [2.75, 3.05) is 31.1 Å². The number of anilines is 1. The number of hydrogen-bond donors (Lipinski definition) is 0. The fourth-order valence-electron chi connectivity index (χ4n) is 3.30. The summed E-state index contributed by atoms with van der Waals surface area (Å²) in [6, 6.07) is 17.9. The van der Waals surface area contributed by atoms with Crippen molar-refractivity contribution in [1.29, 1.82) is 0 Å². The van der Waals surface area contributed by atoms with Crippen LogP contribution in [0, 0.1) is 0 Å². The Morgan fingerprint density at radius 2 is 1.79 bits per heavy atom. The molecule has 4 rings (SSSR count). The average Bonchev–Trinajstić information content (AvgIpc) is 2.96. The van der Waals surface area contributed by atoms with Crippen LogP contribution in [0.2, 0.25) is 0 Å². The molecule has 0 saturated carbocycles. The van der Waals surface area contributed by atoms with Crippen LogP contribution in [-0.2, 0) is 0 Å². The van der Waals surface area contributed by atoms with Gasteiger partial charge in [-0.05, 0) is 42.8 Å². The molecule has 4 heteroatoms. The zero-order valence-electron chi connectivity index (χ0n) is 13.5. The van der Waals surface area contributed by atoms with Crippen LogP contribution in [0.15, 0.2) is 65.3 Å². The Kier molecular flexibility index (Phi) is 3.95. The summed E-state index contributed by atoms with van der Waals surface area (Å²) in [5.41, 5.74) is 2.78. The fraction of sp³-hybridized carbons (Fsp3) is 0.250. The molecule has 4 nitrogen and oxygen atoms in total. The summed E-state index contributed by atoms with van der Waals surface area (Å²) in [6.07, 6.45) is 2.64. The predicted molar refractivity (Wildman–Crippen MR) is 95.4 cm³/mol. The molecular weight excluding hydrogens is 300 g/mol. The summed E-state index contributed by atoms with van der Waals surface area (Å²) in [6.45, 7) is 3.39. The smallest absolute Gasteiger partial charge is 0.253 e. The number of hydrogen-bond acceptors (Lipinski definition) is 3. The number of para-hydroxylation sites is 1. The molecule has 0 aliphatic carbocycles. The van der Waals surface area contributed by atoms with E-state index >= 15 is 0 Å². The largest absolute Gasteiger partial charge is 0.464 e. The summed E-state index contributed by atoms with van der Waals surface area (Å²) < 4.78 is 5.35. The Morgan fingerprint density at radius 1 is 0.917 bits per heavy atom. The van der Waals surface area contributed by atoms with E-state index in [-0.39, 0.29) is 5.91 Å². The molecule has 2 heterocycles. The van der Waals surface area contributed by atoms with Crippen molar-refractivity contribution in [3.63, 3.8) is 0 Å². The number of nitrogens with zero attached hydrogens (tertiary/aromatic N) is 2. The highest BCUT2D eigenvalue weighted by Gasteiger charge is 2.20. The third-order valence-electron chi connectivity index (χ3n) is 4.60. The zero-order chi connectivity index (χ0) is 16.4. The molecule has 1 aromatic heterocycles. The lowest BCUT2D eigenvalue weighted by Crippen LogP contribution is -2.35. The van der Waals surface area contributed by atoms with Crippen LogP contribution in [0.5, 0.6) is 0 Å². The molecule has 122 valence electrons. The van der Waals surface area contributed by atoms with Gasteiger partial charge in [0, 0.05) is 42.8 Å². The number of carbonyl (C=O) groups is 1. The number of amides is 1. The molecule has 3 aromatic rings. The first-order chi connectivity index (χ1) is 11.8. The predicted octanol–water partition coefficient (Wildman–Crippen LogP) is 3.79. The quantitative estimate of drug-likeness (QED) is 0.721. The minimum atomic E-state index is 0.105. The van der Waals surface area contributed by atoms with E-state index < -0.39 is 0 Å². The monoisotopic (exact) mass is 320 g/mol. The third kappa shape index (κ3) is 2.87. The molecular formula is C20H20N2O2. The Morgan fingerprint density at radius 3 is 2.67 bits per heavy atom. The van der Waals surface area contributed by atoms with Crippen LogP contribution in [-0.4, -0.2) is 37.0 Å². The summed E-state index contributed by atoms with van der Waals surface area (Å²) in [4.78, 5) is 17.2. The van der Waals surface area contributed by atoms with E-state index in [1.54, 1.807) is 6.26 Å². The minimum absolute atomic E-state index is 0.105. The van der Waals surface area contributed by atoms with Gasteiger partial charge in [0.2, 0.25) is 0 Å². The molecule has 1 aliphatic rings. The summed E-state index contributed by atoms with van der Waals surface area (Å²) in [5.74, 6) is 0.105. The standard InChI is InChI=1S/C20H20N2O2/c23-20(17-7-8-19-16(15-17)9-14-24-19)22-11-4-10-21(12-13-22)18-5-2-1-3-6-18/h1-3,5-9,14-15H,4,10-13H2. The summed E-state index contributed by atoms with van der Waals surface area (Å²) in [7, 11) is 0. The van der Waals surface area contributed by atoms with Gasteiger partial charge in [0.1, 0.15) is 5.58 Å². The molecule has 1 saturated heterocycles. The van der Waals surface area contributed by atoms with Crippen LogP contribution < -0.4 is 4.90 Å². The van der Waals surface area contributed by atoms with E-state index in [2.05, 4.69) is 29.2 Å². The van der Waals surface area contributed by atoms with E-state index in [1.165, 1.54) is 5.69 Å². The highest BCUT2D eigenvalue weighted by atomic mass is 16.3. The number of furan rings is 1. The van der Waals surface area contributed by atoms with E-state index in [1.807, 2.05) is 35.2 Å². The highest BCUT2D eigenvalue weighted by Crippen LogP contribution is 2.20. The van der Waals surface area contributed by atoms with Crippen LogP contribution >= 0.6 is 0 Å². The van der Waals surface area contributed by atoms with Crippen LogP contribution in [0.3, 0.4) is 0 Å². The zero-order valence-corrected chi connectivity index (χ0v) is 13.5. The van der Waals surface area contributed by atoms with Crippen LogP contribution in [0.25, 0.3) is 11.0 Å². The topological polar surface area (TPSA) is 36.7 Å². The lowest BCUT2D eigenvalue weighted by Gasteiger charge is -2.23. The van der Waals surface area contributed by atoms with E-state index in [0.29, 0.717) is 0 Å². The number of benzene rings is 2. The molecule has 0 unspecified atom stereocenters. The van der Waals surface area contributed by atoms with Crippen molar-refractivity contribution in [2.45, 2.75) is 6.42 Å². The molecule has 24 heavy (non-hydrogen) atoms. The van der Waals surface area contributed by atoms with Gasteiger partial charge >= 0.3 is 0 Å². The fourth-order valence-corrected chi connectivity index (χ4v) is 3.30. The van der Waals surface area contributed by atoms with E-state index in [9.17, 15) is 4.79 Å². The maximum absolute atomic E-state index is 12.8.